The van der Waals surface area contributed by atoms with Crippen LogP contribution < -0.4 is 0 Å². The summed E-state index contributed by atoms with van der Waals surface area (Å²) in [4.78, 5) is 8.44. The molecule has 0 N–H and O–H groups in total. The molecule has 70 valence electrons. The second-order valence-electron chi connectivity index (χ2n) is 3.13. The maximum Gasteiger partial charge on any atom is 0.159 e. The molecule has 0 aliphatic carbocycles. The van der Waals surface area contributed by atoms with Gasteiger partial charge in [-0.25, -0.2) is 9.97 Å². The summed E-state index contributed by atoms with van der Waals surface area (Å²) >= 11 is 0. The van der Waals surface area contributed by atoms with Crippen LogP contribution in [0.5, 0.6) is 0 Å². The lowest BCUT2D eigenvalue weighted by Gasteiger charge is -1.96. The Morgan fingerprint density at radius 1 is 1.36 bits per heavy atom. The van der Waals surface area contributed by atoms with Crippen LogP contribution in [-0.4, -0.2) is 9.97 Å². The summed E-state index contributed by atoms with van der Waals surface area (Å²) in [5.74, 6) is 0. The van der Waals surface area contributed by atoms with Gasteiger partial charge in [0.05, 0.1) is 0 Å². The summed E-state index contributed by atoms with van der Waals surface area (Å²) in [6.45, 7) is 2.12. The first kappa shape index (κ1) is 8.88. The molecule has 0 unspecified atom stereocenters. The van der Waals surface area contributed by atoms with E-state index in [9.17, 15) is 0 Å². The summed E-state index contributed by atoms with van der Waals surface area (Å²) in [5, 5.41) is 1.09. The molecule has 0 amide bonds. The molecular formula is C12H12N2. The zero-order chi connectivity index (χ0) is 9.80. The molecule has 0 spiro atoms. The third-order valence-electron chi connectivity index (χ3n) is 2.02. The van der Waals surface area contributed by atoms with Gasteiger partial charge in [-0.3, -0.25) is 0 Å². The highest BCUT2D eigenvalue weighted by atomic mass is 14.8. The molecule has 0 atom stereocenters. The molecular weight excluding hydrogens is 172 g/mol. The summed E-state index contributed by atoms with van der Waals surface area (Å²) < 4.78 is 0. The van der Waals surface area contributed by atoms with Crippen LogP contribution in [0, 0.1) is 0 Å². The van der Waals surface area contributed by atoms with Crippen LogP contribution in [0.4, 0.5) is 0 Å². The SMILES string of the molecule is CC/C=C/c1cnc2ncccc2c1. The van der Waals surface area contributed by atoms with Crippen molar-refractivity contribution in [3.63, 3.8) is 0 Å². The predicted octanol–water partition coefficient (Wildman–Crippen LogP) is 3.05. The van der Waals surface area contributed by atoms with Crippen molar-refractivity contribution >= 4 is 17.1 Å². The molecule has 0 aliphatic rings. The zero-order valence-corrected chi connectivity index (χ0v) is 8.14. The quantitative estimate of drug-likeness (QED) is 0.716. The lowest BCUT2D eigenvalue weighted by atomic mass is 10.2. The van der Waals surface area contributed by atoms with E-state index in [2.05, 4.69) is 35.1 Å². The number of fused-ring (bicyclic) bond motifs is 1. The van der Waals surface area contributed by atoms with Crippen LogP contribution in [0.15, 0.2) is 36.7 Å². The molecule has 0 aliphatic heterocycles. The normalized spacial score (nSPS) is 11.2. The van der Waals surface area contributed by atoms with Gasteiger partial charge >= 0.3 is 0 Å². The molecule has 0 saturated carbocycles. The standard InChI is InChI=1S/C12H12N2/c1-2-3-5-10-8-11-6-4-7-13-12(11)14-9-10/h3-9H,2H2,1H3/b5-3+. The topological polar surface area (TPSA) is 25.8 Å². The maximum atomic E-state index is 4.27. The zero-order valence-electron chi connectivity index (χ0n) is 8.14. The first-order chi connectivity index (χ1) is 6.90. The van der Waals surface area contributed by atoms with Gasteiger partial charge in [-0.2, -0.15) is 0 Å². The van der Waals surface area contributed by atoms with Crippen molar-refractivity contribution in [2.45, 2.75) is 13.3 Å². The van der Waals surface area contributed by atoms with Gasteiger partial charge in [-0.05, 0) is 30.2 Å². The molecule has 2 aromatic rings. The van der Waals surface area contributed by atoms with Crippen molar-refractivity contribution in [2.75, 3.05) is 0 Å². The predicted molar refractivity (Wildman–Crippen MR) is 58.9 cm³/mol. The minimum Gasteiger partial charge on any atom is -0.237 e. The Kier molecular flexibility index (Phi) is 2.54. The minimum atomic E-state index is 0.807. The van der Waals surface area contributed by atoms with E-state index in [1.807, 2.05) is 18.3 Å². The number of hydrogen-bond acceptors (Lipinski definition) is 2. The average Bonchev–Trinajstić information content (AvgIpc) is 2.26. The van der Waals surface area contributed by atoms with E-state index in [1.165, 1.54) is 0 Å². The van der Waals surface area contributed by atoms with Crippen LogP contribution in [0.3, 0.4) is 0 Å². The van der Waals surface area contributed by atoms with Gasteiger partial charge in [-0.1, -0.05) is 19.1 Å². The molecule has 0 bridgehead atoms. The van der Waals surface area contributed by atoms with Crippen LogP contribution in [0.2, 0.25) is 0 Å². The maximum absolute atomic E-state index is 4.27. The number of aromatic nitrogens is 2. The Balaban J connectivity index is 2.46. The lowest BCUT2D eigenvalue weighted by Crippen LogP contribution is -1.83. The van der Waals surface area contributed by atoms with Crippen LogP contribution in [0.1, 0.15) is 18.9 Å². The van der Waals surface area contributed by atoms with Crippen LogP contribution >= 0.6 is 0 Å². The summed E-state index contributed by atoms with van der Waals surface area (Å²) in [5.41, 5.74) is 1.94. The molecule has 0 radical (unpaired) electrons. The molecule has 0 fully saturated rings. The van der Waals surface area contributed by atoms with Gasteiger partial charge in [0.15, 0.2) is 5.65 Å². The molecule has 0 saturated heterocycles. The molecule has 2 nitrogen and oxygen atoms in total. The smallest absolute Gasteiger partial charge is 0.159 e. The lowest BCUT2D eigenvalue weighted by molar-refractivity contribution is 1.23. The Morgan fingerprint density at radius 3 is 3.14 bits per heavy atom. The van der Waals surface area contributed by atoms with Crippen molar-refractivity contribution in [3.05, 3.63) is 42.2 Å². The van der Waals surface area contributed by atoms with Gasteiger partial charge in [0.25, 0.3) is 0 Å². The molecule has 0 aromatic carbocycles. The van der Waals surface area contributed by atoms with Crippen LogP contribution in [0.25, 0.3) is 17.1 Å². The van der Waals surface area contributed by atoms with Crippen molar-refractivity contribution < 1.29 is 0 Å². The summed E-state index contributed by atoms with van der Waals surface area (Å²) in [6, 6.07) is 6.05. The Labute approximate surface area is 83.3 Å². The number of hydrogen-bond donors (Lipinski definition) is 0. The second kappa shape index (κ2) is 4.01. The van der Waals surface area contributed by atoms with E-state index in [0.29, 0.717) is 0 Å². The molecule has 2 aromatic heterocycles. The van der Waals surface area contributed by atoms with E-state index < -0.39 is 0 Å². The number of allylic oxidation sites excluding steroid dienone is 1. The highest BCUT2D eigenvalue weighted by molar-refractivity contribution is 5.76. The fourth-order valence-electron chi connectivity index (χ4n) is 1.33. The molecule has 2 heteroatoms. The van der Waals surface area contributed by atoms with Gasteiger partial charge in [0.2, 0.25) is 0 Å². The number of pyridine rings is 2. The number of nitrogens with zero attached hydrogens (tertiary/aromatic N) is 2. The third kappa shape index (κ3) is 1.79. The number of rotatable bonds is 2. The minimum absolute atomic E-state index is 0.807. The van der Waals surface area contributed by atoms with Crippen molar-refractivity contribution in [3.8, 4) is 0 Å². The van der Waals surface area contributed by atoms with Crippen molar-refractivity contribution in [1.82, 2.24) is 9.97 Å². The van der Waals surface area contributed by atoms with E-state index in [0.717, 1.165) is 23.0 Å². The largest absolute Gasteiger partial charge is 0.237 e. The van der Waals surface area contributed by atoms with E-state index in [1.54, 1.807) is 6.20 Å². The van der Waals surface area contributed by atoms with Crippen molar-refractivity contribution in [1.29, 1.82) is 0 Å². The fourth-order valence-corrected chi connectivity index (χ4v) is 1.33. The van der Waals surface area contributed by atoms with Crippen LogP contribution in [-0.2, 0) is 0 Å². The first-order valence-corrected chi connectivity index (χ1v) is 4.77. The first-order valence-electron chi connectivity index (χ1n) is 4.77. The summed E-state index contributed by atoms with van der Waals surface area (Å²) in [7, 11) is 0. The molecule has 2 rings (SSSR count). The third-order valence-corrected chi connectivity index (χ3v) is 2.02. The van der Waals surface area contributed by atoms with E-state index in [-0.39, 0.29) is 0 Å². The average molecular weight is 184 g/mol. The van der Waals surface area contributed by atoms with E-state index >= 15 is 0 Å². The van der Waals surface area contributed by atoms with Gasteiger partial charge < -0.3 is 0 Å². The second-order valence-corrected chi connectivity index (χ2v) is 3.13. The highest BCUT2D eigenvalue weighted by Gasteiger charge is 1.94. The van der Waals surface area contributed by atoms with E-state index in [4.69, 9.17) is 0 Å². The van der Waals surface area contributed by atoms with Gasteiger partial charge in [0.1, 0.15) is 0 Å². The monoisotopic (exact) mass is 184 g/mol. The van der Waals surface area contributed by atoms with Crippen molar-refractivity contribution in [2.24, 2.45) is 0 Å². The fraction of sp³-hybridized carbons (Fsp3) is 0.167. The Morgan fingerprint density at radius 2 is 2.29 bits per heavy atom. The van der Waals surface area contributed by atoms with Gasteiger partial charge in [-0.15, -0.1) is 0 Å². The van der Waals surface area contributed by atoms with Gasteiger partial charge in [0, 0.05) is 17.8 Å². The molecule has 14 heavy (non-hydrogen) atoms. The summed E-state index contributed by atoms with van der Waals surface area (Å²) in [6.07, 6.45) is 8.86. The molecule has 2 heterocycles. The Bertz CT molecular complexity index is 461. The Hall–Kier alpha value is -1.70. The highest BCUT2D eigenvalue weighted by Crippen LogP contribution is 2.11.